The van der Waals surface area contributed by atoms with E-state index in [0.717, 1.165) is 5.56 Å². The van der Waals surface area contributed by atoms with Crippen molar-refractivity contribution in [2.45, 2.75) is 12.0 Å². The fraction of sp³-hybridized carbons (Fsp3) is 0.0952. The number of ether oxygens (including phenoxy) is 1. The molecule has 0 radical (unpaired) electrons. The zero-order valence-electron chi connectivity index (χ0n) is 14.0. The Hall–Kier alpha value is -3.67. The molecule has 1 aliphatic rings. The number of phenolic OH excluding ortho intramolecular Hbond substituents is 4. The van der Waals surface area contributed by atoms with Crippen molar-refractivity contribution in [3.05, 3.63) is 76.9 Å². The van der Waals surface area contributed by atoms with Gasteiger partial charge in [0.15, 0.2) is 0 Å². The number of fused-ring (bicyclic) bond motifs is 1. The summed E-state index contributed by atoms with van der Waals surface area (Å²) in [6, 6.07) is 13.5. The number of aldehydes is 1. The van der Waals surface area contributed by atoms with Crippen molar-refractivity contribution in [1.82, 2.24) is 0 Å². The number of hydrogen-bond donors (Lipinski definition) is 4. The largest absolute Gasteiger partial charge is 0.508 e. The molecular formula is C21H16O6. The van der Waals surface area contributed by atoms with Crippen LogP contribution in [-0.2, 0) is 0 Å². The molecule has 1 aliphatic heterocycles. The third-order valence-electron chi connectivity index (χ3n) is 4.65. The Morgan fingerprint density at radius 1 is 0.778 bits per heavy atom. The number of phenols is 4. The molecular weight excluding hydrogens is 348 g/mol. The normalized spacial score (nSPS) is 17.9. The zero-order chi connectivity index (χ0) is 19.1. The van der Waals surface area contributed by atoms with E-state index in [0.29, 0.717) is 23.2 Å². The lowest BCUT2D eigenvalue weighted by Gasteiger charge is -2.21. The molecule has 0 saturated heterocycles. The molecule has 0 aliphatic carbocycles. The predicted molar refractivity (Wildman–Crippen MR) is 96.6 cm³/mol. The third kappa shape index (κ3) is 2.91. The first-order valence-electron chi connectivity index (χ1n) is 8.27. The minimum atomic E-state index is -0.588. The average molecular weight is 364 g/mol. The molecule has 0 saturated carbocycles. The van der Waals surface area contributed by atoms with Crippen LogP contribution in [0.1, 0.15) is 39.1 Å². The maximum atomic E-state index is 11.1. The molecule has 27 heavy (non-hydrogen) atoms. The third-order valence-corrected chi connectivity index (χ3v) is 4.65. The smallest absolute Gasteiger partial charge is 0.150 e. The molecule has 0 spiro atoms. The van der Waals surface area contributed by atoms with E-state index in [1.165, 1.54) is 42.5 Å². The van der Waals surface area contributed by atoms with Crippen LogP contribution in [0, 0.1) is 0 Å². The van der Waals surface area contributed by atoms with Crippen molar-refractivity contribution in [3.8, 4) is 28.7 Å². The highest BCUT2D eigenvalue weighted by Gasteiger charge is 2.39. The summed E-state index contributed by atoms with van der Waals surface area (Å²) in [5.74, 6) is -0.430. The van der Waals surface area contributed by atoms with Crippen LogP contribution >= 0.6 is 0 Å². The van der Waals surface area contributed by atoms with Crippen LogP contribution in [0.4, 0.5) is 0 Å². The number of carbonyl (C=O) groups excluding carboxylic acids is 1. The molecule has 0 amide bonds. The lowest BCUT2D eigenvalue weighted by atomic mass is 9.84. The van der Waals surface area contributed by atoms with Crippen LogP contribution in [0.2, 0.25) is 0 Å². The molecule has 1 heterocycles. The fourth-order valence-corrected chi connectivity index (χ4v) is 3.53. The van der Waals surface area contributed by atoms with Gasteiger partial charge in [-0.1, -0.05) is 12.1 Å². The van der Waals surface area contributed by atoms with Gasteiger partial charge in [-0.3, -0.25) is 4.79 Å². The summed E-state index contributed by atoms with van der Waals surface area (Å²) in [5, 5.41) is 39.9. The van der Waals surface area contributed by atoms with Crippen LogP contribution < -0.4 is 4.74 Å². The van der Waals surface area contributed by atoms with Crippen LogP contribution in [0.5, 0.6) is 28.7 Å². The summed E-state index contributed by atoms with van der Waals surface area (Å²) in [4.78, 5) is 11.1. The van der Waals surface area contributed by atoms with Crippen molar-refractivity contribution in [2.75, 3.05) is 0 Å². The highest BCUT2D eigenvalue weighted by molar-refractivity contribution is 5.78. The number of rotatable bonds is 3. The van der Waals surface area contributed by atoms with Crippen molar-refractivity contribution >= 4 is 6.29 Å². The zero-order valence-corrected chi connectivity index (χ0v) is 14.0. The Labute approximate surface area is 154 Å². The van der Waals surface area contributed by atoms with Gasteiger partial charge >= 0.3 is 0 Å². The molecule has 0 aromatic heterocycles. The van der Waals surface area contributed by atoms with Crippen molar-refractivity contribution < 1.29 is 30.0 Å². The molecule has 4 rings (SSSR count). The van der Waals surface area contributed by atoms with E-state index in [4.69, 9.17) is 4.74 Å². The van der Waals surface area contributed by atoms with Gasteiger partial charge in [0.2, 0.25) is 0 Å². The van der Waals surface area contributed by atoms with Gasteiger partial charge in [0.1, 0.15) is 41.1 Å². The van der Waals surface area contributed by atoms with Gasteiger partial charge in [0.05, 0.1) is 5.92 Å². The minimum Gasteiger partial charge on any atom is -0.508 e. The number of hydrogen-bond acceptors (Lipinski definition) is 6. The van der Waals surface area contributed by atoms with Crippen molar-refractivity contribution in [3.63, 3.8) is 0 Å². The van der Waals surface area contributed by atoms with Gasteiger partial charge in [-0.2, -0.15) is 0 Å². The van der Waals surface area contributed by atoms with E-state index in [9.17, 15) is 25.2 Å². The Morgan fingerprint density at radius 2 is 1.44 bits per heavy atom. The van der Waals surface area contributed by atoms with Gasteiger partial charge in [0, 0.05) is 17.2 Å². The number of aromatic hydroxyl groups is 4. The Bertz CT molecular complexity index is 1010. The molecule has 6 heteroatoms. The summed E-state index contributed by atoms with van der Waals surface area (Å²) in [5.41, 5.74) is 2.00. The first-order valence-corrected chi connectivity index (χ1v) is 8.27. The monoisotopic (exact) mass is 364 g/mol. The summed E-state index contributed by atoms with van der Waals surface area (Å²) in [6.45, 7) is 0. The summed E-state index contributed by atoms with van der Waals surface area (Å²) in [7, 11) is 0. The van der Waals surface area contributed by atoms with E-state index in [1.807, 2.05) is 0 Å². The first-order chi connectivity index (χ1) is 13.0. The van der Waals surface area contributed by atoms with Gasteiger partial charge in [0.25, 0.3) is 0 Å². The Kier molecular flexibility index (Phi) is 3.88. The second kappa shape index (κ2) is 6.25. The summed E-state index contributed by atoms with van der Waals surface area (Å²) in [6.07, 6.45) is 0.0292. The fourth-order valence-electron chi connectivity index (χ4n) is 3.53. The number of carbonyl (C=O) groups is 1. The van der Waals surface area contributed by atoms with Gasteiger partial charge in [-0.05, 0) is 47.5 Å². The Morgan fingerprint density at radius 3 is 2.07 bits per heavy atom. The van der Waals surface area contributed by atoms with E-state index < -0.39 is 12.0 Å². The van der Waals surface area contributed by atoms with E-state index in [1.54, 1.807) is 12.1 Å². The molecule has 3 aromatic rings. The molecule has 0 bridgehead atoms. The average Bonchev–Trinajstić information content (AvgIpc) is 3.01. The lowest BCUT2D eigenvalue weighted by Crippen LogP contribution is -2.11. The van der Waals surface area contributed by atoms with Crippen LogP contribution in [0.15, 0.2) is 54.6 Å². The van der Waals surface area contributed by atoms with Crippen molar-refractivity contribution in [2.24, 2.45) is 0 Å². The second-order valence-corrected chi connectivity index (χ2v) is 6.46. The van der Waals surface area contributed by atoms with Crippen LogP contribution in [-0.4, -0.2) is 26.7 Å². The molecule has 6 nitrogen and oxygen atoms in total. The first kappa shape index (κ1) is 16.8. The van der Waals surface area contributed by atoms with E-state index >= 15 is 0 Å². The summed E-state index contributed by atoms with van der Waals surface area (Å²) < 4.78 is 6.04. The van der Waals surface area contributed by atoms with Crippen LogP contribution in [0.25, 0.3) is 0 Å². The lowest BCUT2D eigenvalue weighted by molar-refractivity contribution is 0.112. The van der Waals surface area contributed by atoms with Gasteiger partial charge in [-0.15, -0.1) is 0 Å². The van der Waals surface area contributed by atoms with E-state index in [2.05, 4.69) is 0 Å². The second-order valence-electron chi connectivity index (χ2n) is 6.46. The maximum absolute atomic E-state index is 11.1. The molecule has 136 valence electrons. The van der Waals surface area contributed by atoms with E-state index in [-0.39, 0.29) is 28.6 Å². The van der Waals surface area contributed by atoms with Gasteiger partial charge < -0.3 is 25.2 Å². The molecule has 4 N–H and O–H groups in total. The highest BCUT2D eigenvalue weighted by atomic mass is 16.5. The SMILES string of the molecule is O=Cc1cc(O)c2c(c1)O[C@H](c1ccc(O)cc1)[C@H]2c1cc(O)cc(O)c1. The standard InChI is InChI=1S/C21H16O6/c22-10-11-5-17(26)20-18(6-11)27-21(12-1-3-14(23)4-2-12)19(20)13-7-15(24)9-16(25)8-13/h1-10,19,21,23-26H/t19-,21+/m0/s1. The molecule has 3 aromatic carbocycles. The van der Waals surface area contributed by atoms with Crippen molar-refractivity contribution in [1.29, 1.82) is 0 Å². The summed E-state index contributed by atoms with van der Waals surface area (Å²) >= 11 is 0. The van der Waals surface area contributed by atoms with Crippen LogP contribution in [0.3, 0.4) is 0 Å². The van der Waals surface area contributed by atoms with Gasteiger partial charge in [-0.25, -0.2) is 0 Å². The topological polar surface area (TPSA) is 107 Å². The molecule has 0 fully saturated rings. The highest BCUT2D eigenvalue weighted by Crippen LogP contribution is 2.53. The minimum absolute atomic E-state index is 0.104. The maximum Gasteiger partial charge on any atom is 0.150 e. The quantitative estimate of drug-likeness (QED) is 0.529. The Balaban J connectivity index is 1.92. The number of benzene rings is 3. The molecule has 2 atom stereocenters. The predicted octanol–water partition coefficient (Wildman–Crippen LogP) is 3.59. The molecule has 0 unspecified atom stereocenters.